The molecule has 2 rings (SSSR count). The number of nitrogens with zero attached hydrogens (tertiary/aromatic N) is 1. The lowest BCUT2D eigenvalue weighted by Crippen LogP contribution is -3.11. The van der Waals surface area contributed by atoms with Gasteiger partial charge in [0, 0.05) is 23.4 Å². The highest BCUT2D eigenvalue weighted by atomic mass is 16.6. The molecule has 0 aliphatic heterocycles. The Morgan fingerprint density at radius 1 is 1.16 bits per heavy atom. The first-order valence-electron chi connectivity index (χ1n) is 8.42. The zero-order valence-electron chi connectivity index (χ0n) is 14.6. The Hall–Kier alpha value is -2.73. The molecule has 2 aromatic carbocycles. The fourth-order valence-electron chi connectivity index (χ4n) is 2.75. The van der Waals surface area contributed by atoms with Crippen molar-refractivity contribution in [3.05, 3.63) is 69.8 Å². The molecular formula is C19H24N3O3+. The number of nitro groups is 1. The molecule has 0 fully saturated rings. The van der Waals surface area contributed by atoms with Gasteiger partial charge in [0.25, 0.3) is 11.6 Å². The van der Waals surface area contributed by atoms with Crippen LogP contribution in [0.2, 0.25) is 0 Å². The summed E-state index contributed by atoms with van der Waals surface area (Å²) in [6.07, 6.45) is 0.958. The van der Waals surface area contributed by atoms with Gasteiger partial charge < -0.3 is 10.2 Å². The summed E-state index contributed by atoms with van der Waals surface area (Å²) < 4.78 is 0. The van der Waals surface area contributed by atoms with E-state index in [1.807, 2.05) is 31.2 Å². The number of nitro benzene ring substituents is 1. The van der Waals surface area contributed by atoms with Crippen molar-refractivity contribution in [1.82, 2.24) is 0 Å². The van der Waals surface area contributed by atoms with E-state index in [1.54, 1.807) is 12.1 Å². The molecule has 0 heterocycles. The SMILES string of the molecule is CCC[NH+](CC(=O)Nc1ccccc1C)Cc1ccc([N+](=O)[O-])cc1. The lowest BCUT2D eigenvalue weighted by Gasteiger charge is -2.19. The lowest BCUT2D eigenvalue weighted by molar-refractivity contribution is -0.905. The van der Waals surface area contributed by atoms with Gasteiger partial charge in [-0.05, 0) is 37.1 Å². The third-order valence-electron chi connectivity index (χ3n) is 4.03. The van der Waals surface area contributed by atoms with Crippen LogP contribution in [0.25, 0.3) is 0 Å². The molecule has 2 N–H and O–H groups in total. The fraction of sp³-hybridized carbons (Fsp3) is 0.316. The summed E-state index contributed by atoms with van der Waals surface area (Å²) in [5, 5.41) is 13.7. The molecule has 6 nitrogen and oxygen atoms in total. The van der Waals surface area contributed by atoms with Crippen LogP contribution in [0.4, 0.5) is 11.4 Å². The quantitative estimate of drug-likeness (QED) is 0.571. The lowest BCUT2D eigenvalue weighted by atomic mass is 10.2. The zero-order chi connectivity index (χ0) is 18.2. The number of aryl methyl sites for hydroxylation is 1. The summed E-state index contributed by atoms with van der Waals surface area (Å²) in [6.45, 7) is 5.92. The molecule has 2 aromatic rings. The van der Waals surface area contributed by atoms with E-state index in [1.165, 1.54) is 12.1 Å². The molecule has 1 atom stereocenters. The van der Waals surface area contributed by atoms with Crippen LogP contribution in [0.15, 0.2) is 48.5 Å². The molecule has 1 amide bonds. The van der Waals surface area contributed by atoms with Gasteiger partial charge in [0.05, 0.1) is 11.5 Å². The molecule has 0 saturated carbocycles. The predicted octanol–water partition coefficient (Wildman–Crippen LogP) is 2.34. The number of anilines is 1. The first-order valence-corrected chi connectivity index (χ1v) is 8.42. The van der Waals surface area contributed by atoms with E-state index in [0.29, 0.717) is 13.1 Å². The molecule has 0 aliphatic carbocycles. The summed E-state index contributed by atoms with van der Waals surface area (Å²) in [4.78, 5) is 23.8. The number of rotatable bonds is 8. The number of amides is 1. The molecule has 25 heavy (non-hydrogen) atoms. The van der Waals surface area contributed by atoms with Crippen LogP contribution < -0.4 is 10.2 Å². The maximum atomic E-state index is 12.4. The van der Waals surface area contributed by atoms with E-state index in [0.717, 1.165) is 34.7 Å². The molecule has 0 aromatic heterocycles. The van der Waals surface area contributed by atoms with Crippen LogP contribution >= 0.6 is 0 Å². The minimum atomic E-state index is -0.407. The van der Waals surface area contributed by atoms with Crippen LogP contribution in [-0.2, 0) is 11.3 Å². The molecule has 0 bridgehead atoms. The largest absolute Gasteiger partial charge is 0.323 e. The number of hydrogen-bond donors (Lipinski definition) is 2. The first kappa shape index (κ1) is 18.6. The van der Waals surface area contributed by atoms with Gasteiger partial charge in [0.15, 0.2) is 6.54 Å². The van der Waals surface area contributed by atoms with Crippen molar-refractivity contribution in [2.45, 2.75) is 26.8 Å². The number of carbonyl (C=O) groups excluding carboxylic acids is 1. The standard InChI is InChI=1S/C19H23N3O3/c1-3-12-21(13-16-8-10-17(11-9-16)22(24)25)14-19(23)20-18-7-5-4-6-15(18)2/h4-11H,3,12-14H2,1-2H3,(H,20,23)/p+1. The molecule has 0 aliphatic rings. The van der Waals surface area contributed by atoms with Crippen molar-refractivity contribution < 1.29 is 14.6 Å². The normalized spacial score (nSPS) is 11.8. The number of quaternary nitrogens is 1. The number of carbonyl (C=O) groups is 1. The van der Waals surface area contributed by atoms with Crippen LogP contribution in [0, 0.1) is 17.0 Å². The third kappa shape index (κ3) is 5.69. The number of non-ortho nitro benzene ring substituents is 1. The van der Waals surface area contributed by atoms with E-state index in [-0.39, 0.29) is 11.6 Å². The number of benzene rings is 2. The van der Waals surface area contributed by atoms with E-state index < -0.39 is 4.92 Å². The van der Waals surface area contributed by atoms with Crippen molar-refractivity contribution in [2.24, 2.45) is 0 Å². The van der Waals surface area contributed by atoms with Gasteiger partial charge in [-0.1, -0.05) is 25.1 Å². The molecule has 0 radical (unpaired) electrons. The van der Waals surface area contributed by atoms with Gasteiger partial charge in [-0.15, -0.1) is 0 Å². The van der Waals surface area contributed by atoms with Gasteiger partial charge in [-0.25, -0.2) is 0 Å². The van der Waals surface area contributed by atoms with Crippen molar-refractivity contribution >= 4 is 17.3 Å². The Morgan fingerprint density at radius 2 is 1.84 bits per heavy atom. The van der Waals surface area contributed by atoms with Gasteiger partial charge in [0.2, 0.25) is 0 Å². The summed E-state index contributed by atoms with van der Waals surface area (Å²) in [6, 6.07) is 14.2. The first-order chi connectivity index (χ1) is 12.0. The molecule has 6 heteroatoms. The van der Waals surface area contributed by atoms with Gasteiger partial charge >= 0.3 is 0 Å². The number of hydrogen-bond acceptors (Lipinski definition) is 3. The predicted molar refractivity (Wildman–Crippen MR) is 97.6 cm³/mol. The fourth-order valence-corrected chi connectivity index (χ4v) is 2.75. The average Bonchev–Trinajstić information content (AvgIpc) is 2.57. The highest BCUT2D eigenvalue weighted by molar-refractivity contribution is 5.92. The Balaban J connectivity index is 1.98. The second kappa shape index (κ2) is 8.94. The Kier molecular flexibility index (Phi) is 6.65. The molecule has 0 saturated heterocycles. The Morgan fingerprint density at radius 3 is 2.44 bits per heavy atom. The summed E-state index contributed by atoms with van der Waals surface area (Å²) >= 11 is 0. The number of para-hydroxylation sites is 1. The maximum Gasteiger partial charge on any atom is 0.279 e. The van der Waals surface area contributed by atoms with Crippen LogP contribution in [0.5, 0.6) is 0 Å². The van der Waals surface area contributed by atoms with Crippen LogP contribution in [-0.4, -0.2) is 23.9 Å². The Labute approximate surface area is 147 Å². The molecule has 0 spiro atoms. The summed E-state index contributed by atoms with van der Waals surface area (Å²) in [7, 11) is 0. The third-order valence-corrected chi connectivity index (χ3v) is 4.03. The van der Waals surface area contributed by atoms with Gasteiger partial charge in [0.1, 0.15) is 6.54 Å². The number of nitrogens with one attached hydrogen (secondary N) is 2. The van der Waals surface area contributed by atoms with E-state index in [9.17, 15) is 14.9 Å². The Bertz CT molecular complexity index is 729. The van der Waals surface area contributed by atoms with Crippen LogP contribution in [0.3, 0.4) is 0 Å². The van der Waals surface area contributed by atoms with E-state index in [4.69, 9.17) is 0 Å². The second-order valence-corrected chi connectivity index (χ2v) is 6.14. The minimum absolute atomic E-state index is 0.0281. The maximum absolute atomic E-state index is 12.4. The topological polar surface area (TPSA) is 76.7 Å². The second-order valence-electron chi connectivity index (χ2n) is 6.14. The minimum Gasteiger partial charge on any atom is -0.323 e. The average molecular weight is 342 g/mol. The zero-order valence-corrected chi connectivity index (χ0v) is 14.6. The van der Waals surface area contributed by atoms with Crippen molar-refractivity contribution in [1.29, 1.82) is 0 Å². The molecule has 132 valence electrons. The van der Waals surface area contributed by atoms with Crippen molar-refractivity contribution in [3.8, 4) is 0 Å². The molecular weight excluding hydrogens is 318 g/mol. The highest BCUT2D eigenvalue weighted by Crippen LogP contribution is 2.13. The van der Waals surface area contributed by atoms with Crippen molar-refractivity contribution in [2.75, 3.05) is 18.4 Å². The van der Waals surface area contributed by atoms with Gasteiger partial charge in [-0.3, -0.25) is 14.9 Å². The van der Waals surface area contributed by atoms with Gasteiger partial charge in [-0.2, -0.15) is 0 Å². The smallest absolute Gasteiger partial charge is 0.279 e. The summed E-state index contributed by atoms with van der Waals surface area (Å²) in [5.41, 5.74) is 2.93. The van der Waals surface area contributed by atoms with Crippen molar-refractivity contribution in [3.63, 3.8) is 0 Å². The van der Waals surface area contributed by atoms with E-state index in [2.05, 4.69) is 12.2 Å². The van der Waals surface area contributed by atoms with E-state index >= 15 is 0 Å². The summed E-state index contributed by atoms with van der Waals surface area (Å²) in [5.74, 6) is -0.0281. The highest BCUT2D eigenvalue weighted by Gasteiger charge is 2.15. The monoisotopic (exact) mass is 342 g/mol. The van der Waals surface area contributed by atoms with Crippen LogP contribution in [0.1, 0.15) is 24.5 Å². The molecule has 1 unspecified atom stereocenters.